The highest BCUT2D eigenvalue weighted by molar-refractivity contribution is 5.89. The van der Waals surface area contributed by atoms with Crippen molar-refractivity contribution in [1.82, 2.24) is 5.43 Å². The summed E-state index contributed by atoms with van der Waals surface area (Å²) in [5, 5.41) is 2.88. The Morgan fingerprint density at radius 2 is 1.71 bits per heavy atom. The molecule has 4 heteroatoms. The lowest BCUT2D eigenvalue weighted by Gasteiger charge is -2.15. The third-order valence-corrected chi connectivity index (χ3v) is 3.32. The first-order valence-electron chi connectivity index (χ1n) is 6.98. The van der Waals surface area contributed by atoms with E-state index in [0.717, 1.165) is 16.9 Å². The molecule has 0 radical (unpaired) electrons. The number of rotatable bonds is 5. The Balaban J connectivity index is 2.07. The van der Waals surface area contributed by atoms with E-state index >= 15 is 0 Å². The van der Waals surface area contributed by atoms with Crippen LogP contribution in [0.4, 0.5) is 11.4 Å². The van der Waals surface area contributed by atoms with Crippen molar-refractivity contribution >= 4 is 17.3 Å². The Morgan fingerprint density at radius 1 is 1.05 bits per heavy atom. The topological polar surface area (TPSA) is 53.2 Å². The summed E-state index contributed by atoms with van der Waals surface area (Å²) in [6, 6.07) is 14.0. The van der Waals surface area contributed by atoms with Gasteiger partial charge in [-0.05, 0) is 48.7 Å². The van der Waals surface area contributed by atoms with E-state index in [4.69, 9.17) is 0 Å². The van der Waals surface area contributed by atoms with Crippen LogP contribution in [-0.4, -0.2) is 5.91 Å². The molecule has 0 saturated carbocycles. The molecule has 0 fully saturated rings. The molecule has 21 heavy (non-hydrogen) atoms. The van der Waals surface area contributed by atoms with E-state index in [2.05, 4.69) is 29.2 Å². The average Bonchev–Trinajstić information content (AvgIpc) is 2.44. The van der Waals surface area contributed by atoms with Gasteiger partial charge in [-0.1, -0.05) is 24.3 Å². The number of amides is 1. The van der Waals surface area contributed by atoms with E-state index in [1.165, 1.54) is 18.1 Å². The van der Waals surface area contributed by atoms with Gasteiger partial charge < -0.3 is 10.7 Å². The van der Waals surface area contributed by atoms with Gasteiger partial charge in [0.2, 0.25) is 5.91 Å². The monoisotopic (exact) mass is 283 g/mol. The van der Waals surface area contributed by atoms with Crippen molar-refractivity contribution in [2.24, 2.45) is 0 Å². The highest BCUT2D eigenvalue weighted by Gasteiger charge is 2.06. The molecule has 0 spiro atoms. The Bertz CT molecular complexity index is 623. The van der Waals surface area contributed by atoms with Gasteiger partial charge in [0.1, 0.15) is 0 Å². The molecule has 4 nitrogen and oxygen atoms in total. The summed E-state index contributed by atoms with van der Waals surface area (Å²) >= 11 is 0. The summed E-state index contributed by atoms with van der Waals surface area (Å²) in [6.07, 6.45) is 0. The minimum absolute atomic E-state index is 0.0597. The zero-order valence-corrected chi connectivity index (χ0v) is 12.7. The fourth-order valence-corrected chi connectivity index (χ4v) is 2.09. The summed E-state index contributed by atoms with van der Waals surface area (Å²) in [5.41, 5.74) is 11.6. The number of anilines is 2. The number of carbonyl (C=O) groups is 1. The first-order valence-corrected chi connectivity index (χ1v) is 6.98. The van der Waals surface area contributed by atoms with Gasteiger partial charge in [0.25, 0.3) is 0 Å². The van der Waals surface area contributed by atoms with Crippen LogP contribution in [0.5, 0.6) is 0 Å². The molecule has 0 unspecified atom stereocenters. The van der Waals surface area contributed by atoms with Gasteiger partial charge in [0.15, 0.2) is 0 Å². The second-order valence-electron chi connectivity index (χ2n) is 5.12. The highest BCUT2D eigenvalue weighted by Crippen LogP contribution is 2.21. The first kappa shape index (κ1) is 15.1. The minimum Gasteiger partial charge on any atom is -0.326 e. The molecule has 0 heterocycles. The van der Waals surface area contributed by atoms with Gasteiger partial charge in [-0.25, -0.2) is 5.43 Å². The predicted molar refractivity (Wildman–Crippen MR) is 87.1 cm³/mol. The molecule has 0 aliphatic carbocycles. The maximum absolute atomic E-state index is 11.3. The summed E-state index contributed by atoms with van der Waals surface area (Å²) in [4.78, 5) is 11.3. The zero-order chi connectivity index (χ0) is 15.2. The molecule has 110 valence electrons. The van der Waals surface area contributed by atoms with Crippen LogP contribution in [0.2, 0.25) is 0 Å². The summed E-state index contributed by atoms with van der Waals surface area (Å²) < 4.78 is 0. The van der Waals surface area contributed by atoms with E-state index in [9.17, 15) is 4.79 Å². The normalized spacial score (nSPS) is 10.2. The molecule has 2 aromatic carbocycles. The highest BCUT2D eigenvalue weighted by atomic mass is 16.1. The lowest BCUT2D eigenvalue weighted by atomic mass is 10.0. The molecule has 2 aromatic rings. The number of hydrogen-bond acceptors (Lipinski definition) is 3. The number of carbonyl (C=O) groups excluding carboxylic acids is 1. The van der Waals surface area contributed by atoms with Gasteiger partial charge in [-0.15, -0.1) is 0 Å². The Hall–Kier alpha value is -2.33. The Morgan fingerprint density at radius 3 is 2.38 bits per heavy atom. The lowest BCUT2D eigenvalue weighted by Crippen LogP contribution is -2.22. The van der Waals surface area contributed by atoms with Crippen LogP contribution in [0.25, 0.3) is 0 Å². The van der Waals surface area contributed by atoms with Crippen LogP contribution in [-0.2, 0) is 11.3 Å². The Kier molecular flexibility index (Phi) is 4.95. The van der Waals surface area contributed by atoms with Crippen LogP contribution in [0.15, 0.2) is 42.5 Å². The van der Waals surface area contributed by atoms with Gasteiger partial charge >= 0.3 is 0 Å². The number of hydrogen-bond donors (Lipinski definition) is 3. The van der Waals surface area contributed by atoms with E-state index in [0.29, 0.717) is 6.54 Å². The molecule has 0 aliphatic heterocycles. The van der Waals surface area contributed by atoms with Crippen molar-refractivity contribution in [2.45, 2.75) is 27.3 Å². The van der Waals surface area contributed by atoms with E-state index < -0.39 is 0 Å². The van der Waals surface area contributed by atoms with Gasteiger partial charge in [-0.2, -0.15) is 0 Å². The third-order valence-electron chi connectivity index (χ3n) is 3.32. The second kappa shape index (κ2) is 6.90. The first-order chi connectivity index (χ1) is 10.1. The Labute approximate surface area is 125 Å². The largest absolute Gasteiger partial charge is 0.326 e. The van der Waals surface area contributed by atoms with E-state index in [-0.39, 0.29) is 5.91 Å². The summed E-state index contributed by atoms with van der Waals surface area (Å²) in [6.45, 7) is 6.25. The summed E-state index contributed by atoms with van der Waals surface area (Å²) in [7, 11) is 0. The van der Waals surface area contributed by atoms with Crippen LogP contribution in [0.1, 0.15) is 23.6 Å². The lowest BCUT2D eigenvalue weighted by molar-refractivity contribution is -0.114. The molecular weight excluding hydrogens is 262 g/mol. The maximum Gasteiger partial charge on any atom is 0.221 e. The number of benzene rings is 2. The predicted octanol–water partition coefficient (Wildman–Crippen LogP) is 3.38. The molecule has 0 atom stereocenters. The standard InChI is InChI=1S/C17H21N3O/c1-12-9-15(17(10-13(12)2)19-14(3)21)11-18-20-16-7-5-4-6-8-16/h4-10,18,20H,11H2,1-3H3,(H,19,21). The quantitative estimate of drug-likeness (QED) is 0.737. The smallest absolute Gasteiger partial charge is 0.221 e. The average molecular weight is 283 g/mol. The van der Waals surface area contributed by atoms with Crippen LogP contribution in [0, 0.1) is 13.8 Å². The van der Waals surface area contributed by atoms with Gasteiger partial charge in [-0.3, -0.25) is 4.79 Å². The molecule has 0 aliphatic rings. The van der Waals surface area contributed by atoms with Crippen LogP contribution in [0.3, 0.4) is 0 Å². The minimum atomic E-state index is -0.0597. The zero-order valence-electron chi connectivity index (χ0n) is 12.7. The van der Waals surface area contributed by atoms with E-state index in [1.807, 2.05) is 43.3 Å². The number of hydrazine groups is 1. The molecule has 0 aromatic heterocycles. The second-order valence-corrected chi connectivity index (χ2v) is 5.12. The molecule has 2 rings (SSSR count). The fraction of sp³-hybridized carbons (Fsp3) is 0.235. The number of nitrogens with one attached hydrogen (secondary N) is 3. The molecule has 3 N–H and O–H groups in total. The van der Waals surface area contributed by atoms with Crippen molar-refractivity contribution in [1.29, 1.82) is 0 Å². The van der Waals surface area contributed by atoms with Crippen molar-refractivity contribution in [3.05, 3.63) is 59.2 Å². The van der Waals surface area contributed by atoms with E-state index in [1.54, 1.807) is 0 Å². The van der Waals surface area contributed by atoms with Crippen LogP contribution >= 0.6 is 0 Å². The molecule has 0 saturated heterocycles. The molecular formula is C17H21N3O. The van der Waals surface area contributed by atoms with Crippen molar-refractivity contribution in [3.8, 4) is 0 Å². The van der Waals surface area contributed by atoms with Crippen LogP contribution < -0.4 is 16.2 Å². The fourth-order valence-electron chi connectivity index (χ4n) is 2.09. The van der Waals surface area contributed by atoms with Gasteiger partial charge in [0.05, 0.1) is 0 Å². The SMILES string of the molecule is CC(=O)Nc1cc(C)c(C)cc1CNNc1ccccc1. The molecule has 1 amide bonds. The maximum atomic E-state index is 11.3. The third kappa shape index (κ3) is 4.33. The number of para-hydroxylation sites is 1. The molecule has 0 bridgehead atoms. The van der Waals surface area contributed by atoms with Crippen molar-refractivity contribution in [3.63, 3.8) is 0 Å². The van der Waals surface area contributed by atoms with Crippen molar-refractivity contribution in [2.75, 3.05) is 10.7 Å². The van der Waals surface area contributed by atoms with Gasteiger partial charge in [0, 0.05) is 24.8 Å². The summed E-state index contributed by atoms with van der Waals surface area (Å²) in [5.74, 6) is -0.0597. The number of aryl methyl sites for hydroxylation is 2. The van der Waals surface area contributed by atoms with Crippen molar-refractivity contribution < 1.29 is 4.79 Å².